The Morgan fingerprint density at radius 2 is 2.00 bits per heavy atom. The largest absolute Gasteiger partial charge is 0.454 e. The number of fused-ring (bicyclic) bond motifs is 2. The molecule has 4 rings (SSSR count). The highest BCUT2D eigenvalue weighted by molar-refractivity contribution is 5.51. The maximum absolute atomic E-state index is 11.2. The summed E-state index contributed by atoms with van der Waals surface area (Å²) < 4.78 is 10.9. The zero-order valence-corrected chi connectivity index (χ0v) is 12.5. The third kappa shape index (κ3) is 2.51. The van der Waals surface area contributed by atoms with Crippen molar-refractivity contribution >= 4 is 5.69 Å². The van der Waals surface area contributed by atoms with Gasteiger partial charge in [0.05, 0.1) is 4.92 Å². The third-order valence-corrected chi connectivity index (χ3v) is 4.41. The summed E-state index contributed by atoms with van der Waals surface area (Å²) in [4.78, 5) is 10.9. The molecule has 0 fully saturated rings. The van der Waals surface area contributed by atoms with Crippen LogP contribution in [0.15, 0.2) is 36.4 Å². The Balaban J connectivity index is 1.69. The van der Waals surface area contributed by atoms with E-state index in [0.29, 0.717) is 6.42 Å². The van der Waals surface area contributed by atoms with Gasteiger partial charge in [-0.25, -0.2) is 0 Å². The van der Waals surface area contributed by atoms with Gasteiger partial charge < -0.3 is 14.8 Å². The van der Waals surface area contributed by atoms with Crippen LogP contribution < -0.4 is 14.8 Å². The molecule has 0 aliphatic carbocycles. The van der Waals surface area contributed by atoms with Crippen molar-refractivity contribution in [3.63, 3.8) is 0 Å². The summed E-state index contributed by atoms with van der Waals surface area (Å²) in [6.07, 6.45) is 1.49. The minimum atomic E-state index is -0.321. The molecular formula is C17H16N2O4. The topological polar surface area (TPSA) is 73.6 Å². The van der Waals surface area contributed by atoms with E-state index in [4.69, 9.17) is 9.47 Å². The van der Waals surface area contributed by atoms with Crippen LogP contribution in [-0.4, -0.2) is 18.3 Å². The number of nitrogens with one attached hydrogen (secondary N) is 1. The van der Waals surface area contributed by atoms with Gasteiger partial charge in [0.1, 0.15) is 0 Å². The van der Waals surface area contributed by atoms with Gasteiger partial charge in [-0.2, -0.15) is 0 Å². The molecule has 0 amide bonds. The third-order valence-electron chi connectivity index (χ3n) is 4.41. The Bertz CT molecular complexity index is 775. The smallest absolute Gasteiger partial charge is 0.272 e. The van der Waals surface area contributed by atoms with Crippen molar-refractivity contribution in [2.75, 3.05) is 13.3 Å². The van der Waals surface area contributed by atoms with Crippen LogP contribution >= 0.6 is 0 Å². The van der Waals surface area contributed by atoms with E-state index in [0.717, 1.165) is 35.6 Å². The van der Waals surface area contributed by atoms with Gasteiger partial charge in [-0.1, -0.05) is 18.2 Å². The lowest BCUT2D eigenvalue weighted by molar-refractivity contribution is -0.385. The van der Waals surface area contributed by atoms with E-state index < -0.39 is 0 Å². The molecule has 0 saturated carbocycles. The van der Waals surface area contributed by atoms with Crippen molar-refractivity contribution in [1.29, 1.82) is 0 Å². The number of rotatable bonds is 3. The lowest BCUT2D eigenvalue weighted by atomic mass is 9.89. The summed E-state index contributed by atoms with van der Waals surface area (Å²) in [7, 11) is 0. The van der Waals surface area contributed by atoms with Gasteiger partial charge >= 0.3 is 0 Å². The molecule has 0 bridgehead atoms. The first-order valence-corrected chi connectivity index (χ1v) is 7.60. The lowest BCUT2D eigenvalue weighted by Crippen LogP contribution is -2.31. The van der Waals surface area contributed by atoms with E-state index in [2.05, 4.69) is 5.32 Å². The summed E-state index contributed by atoms with van der Waals surface area (Å²) >= 11 is 0. The molecule has 0 saturated heterocycles. The van der Waals surface area contributed by atoms with E-state index in [9.17, 15) is 10.1 Å². The zero-order chi connectivity index (χ0) is 15.8. The number of hydrogen-bond acceptors (Lipinski definition) is 5. The molecule has 2 heterocycles. The molecule has 2 aliphatic rings. The van der Waals surface area contributed by atoms with E-state index in [1.165, 1.54) is 5.56 Å². The molecule has 2 aliphatic heterocycles. The Morgan fingerprint density at radius 1 is 1.22 bits per heavy atom. The molecule has 6 nitrogen and oxygen atoms in total. The van der Waals surface area contributed by atoms with Gasteiger partial charge in [0.25, 0.3) is 5.69 Å². The highest BCUT2D eigenvalue weighted by Gasteiger charge is 2.26. The quantitative estimate of drug-likeness (QED) is 0.697. The summed E-state index contributed by atoms with van der Waals surface area (Å²) in [6.45, 7) is 1.10. The van der Waals surface area contributed by atoms with Crippen molar-refractivity contribution < 1.29 is 14.4 Å². The minimum Gasteiger partial charge on any atom is -0.454 e. The lowest BCUT2D eigenvalue weighted by Gasteiger charge is -2.27. The Labute approximate surface area is 133 Å². The summed E-state index contributed by atoms with van der Waals surface area (Å²) in [5.74, 6) is 1.54. The predicted octanol–water partition coefficient (Wildman–Crippen LogP) is 2.75. The van der Waals surface area contributed by atoms with Gasteiger partial charge in [-0.3, -0.25) is 10.1 Å². The fourth-order valence-corrected chi connectivity index (χ4v) is 3.30. The second kappa shape index (κ2) is 5.55. The first-order valence-electron chi connectivity index (χ1n) is 7.60. The zero-order valence-electron chi connectivity index (χ0n) is 12.5. The molecule has 2 aromatic carbocycles. The highest BCUT2D eigenvalue weighted by Crippen LogP contribution is 2.39. The van der Waals surface area contributed by atoms with Crippen LogP contribution in [0, 0.1) is 10.1 Å². The molecule has 1 atom stereocenters. The Hall–Kier alpha value is -2.60. The average molecular weight is 312 g/mol. The fraction of sp³-hybridized carbons (Fsp3) is 0.294. The second-order valence-corrected chi connectivity index (χ2v) is 5.75. The molecule has 0 radical (unpaired) electrons. The first kappa shape index (κ1) is 14.0. The number of para-hydroxylation sites is 1. The number of nitrogens with zero attached hydrogens (tertiary/aromatic N) is 1. The van der Waals surface area contributed by atoms with Gasteiger partial charge in [0.2, 0.25) is 6.79 Å². The molecule has 6 heteroatoms. The Kier molecular flexibility index (Phi) is 3.38. The molecule has 2 aromatic rings. The monoisotopic (exact) mass is 312 g/mol. The second-order valence-electron chi connectivity index (χ2n) is 5.75. The highest BCUT2D eigenvalue weighted by atomic mass is 16.7. The molecule has 0 aromatic heterocycles. The van der Waals surface area contributed by atoms with E-state index in [1.807, 2.05) is 24.3 Å². The van der Waals surface area contributed by atoms with Gasteiger partial charge in [0, 0.05) is 17.7 Å². The van der Waals surface area contributed by atoms with Crippen molar-refractivity contribution in [3.05, 3.63) is 63.2 Å². The summed E-state index contributed by atoms with van der Waals surface area (Å²) in [5.41, 5.74) is 3.26. The minimum absolute atomic E-state index is 0.0364. The molecule has 0 unspecified atom stereocenters. The van der Waals surface area contributed by atoms with Crippen LogP contribution in [0.2, 0.25) is 0 Å². The molecule has 23 heavy (non-hydrogen) atoms. The SMILES string of the molecule is O=[N+]([O-])c1ccccc1C[C@H]1NCCc2cc3c(cc21)OCO3. The van der Waals surface area contributed by atoms with Gasteiger partial charge in [0.15, 0.2) is 11.5 Å². The van der Waals surface area contributed by atoms with Crippen molar-refractivity contribution in [3.8, 4) is 11.5 Å². The number of benzene rings is 2. The average Bonchev–Trinajstić information content (AvgIpc) is 3.01. The Morgan fingerprint density at radius 3 is 2.83 bits per heavy atom. The number of nitro benzene ring substituents is 1. The number of hydrogen-bond donors (Lipinski definition) is 1. The maximum atomic E-state index is 11.2. The molecular weight excluding hydrogens is 296 g/mol. The van der Waals surface area contributed by atoms with E-state index in [-0.39, 0.29) is 23.4 Å². The summed E-state index contributed by atoms with van der Waals surface area (Å²) in [5, 5.41) is 14.7. The van der Waals surface area contributed by atoms with Crippen LogP contribution in [0.4, 0.5) is 5.69 Å². The number of ether oxygens (including phenoxy) is 2. The van der Waals surface area contributed by atoms with Gasteiger partial charge in [-0.05, 0) is 42.6 Å². The maximum Gasteiger partial charge on any atom is 0.272 e. The van der Waals surface area contributed by atoms with Crippen molar-refractivity contribution in [1.82, 2.24) is 5.32 Å². The fourth-order valence-electron chi connectivity index (χ4n) is 3.30. The van der Waals surface area contributed by atoms with Crippen LogP contribution in [0.1, 0.15) is 22.7 Å². The standard InChI is InChI=1S/C17H16N2O4/c20-19(21)15-4-2-1-3-12(15)7-14-13-9-17-16(22-10-23-17)8-11(13)5-6-18-14/h1-4,8-9,14,18H,5-7,10H2/t14-/m1/s1. The van der Waals surface area contributed by atoms with Crippen LogP contribution in [0.25, 0.3) is 0 Å². The van der Waals surface area contributed by atoms with E-state index >= 15 is 0 Å². The van der Waals surface area contributed by atoms with Crippen molar-refractivity contribution in [2.24, 2.45) is 0 Å². The molecule has 118 valence electrons. The number of nitro groups is 1. The molecule has 0 spiro atoms. The normalized spacial score (nSPS) is 18.5. The predicted molar refractivity (Wildman–Crippen MR) is 83.8 cm³/mol. The first-order chi connectivity index (χ1) is 11.2. The van der Waals surface area contributed by atoms with Crippen molar-refractivity contribution in [2.45, 2.75) is 18.9 Å². The van der Waals surface area contributed by atoms with Crippen LogP contribution in [-0.2, 0) is 12.8 Å². The summed E-state index contributed by atoms with van der Waals surface area (Å²) in [6, 6.07) is 11.0. The van der Waals surface area contributed by atoms with Crippen LogP contribution in [0.3, 0.4) is 0 Å². The van der Waals surface area contributed by atoms with E-state index in [1.54, 1.807) is 12.1 Å². The van der Waals surface area contributed by atoms with Crippen LogP contribution in [0.5, 0.6) is 11.5 Å². The van der Waals surface area contributed by atoms with Gasteiger partial charge in [-0.15, -0.1) is 0 Å². The molecule has 1 N–H and O–H groups in total.